The molecule has 0 fully saturated rings. The standard InChI is InChI=1S/C9H7F5N2O/c10-5-1-2-7(6(11)3-5)16-8(17)15-4-9(12,13)14/h1-3H,4H2,(H2,15,16,17). The number of benzene rings is 1. The monoisotopic (exact) mass is 254 g/mol. The Bertz CT molecular complexity index is 418. The molecule has 0 aliphatic heterocycles. The zero-order valence-electron chi connectivity index (χ0n) is 8.24. The Kier molecular flexibility index (Phi) is 3.87. The molecular weight excluding hydrogens is 247 g/mol. The van der Waals surface area contributed by atoms with E-state index in [9.17, 15) is 26.7 Å². The molecular formula is C9H7F5N2O. The van der Waals surface area contributed by atoms with Gasteiger partial charge in [-0.2, -0.15) is 13.2 Å². The molecule has 3 nitrogen and oxygen atoms in total. The molecule has 0 aliphatic rings. The predicted octanol–water partition coefficient (Wildman–Crippen LogP) is 2.65. The molecule has 0 atom stereocenters. The number of hydrogen-bond donors (Lipinski definition) is 2. The van der Waals surface area contributed by atoms with Gasteiger partial charge >= 0.3 is 12.2 Å². The van der Waals surface area contributed by atoms with Crippen LogP contribution < -0.4 is 10.6 Å². The molecule has 8 heteroatoms. The molecule has 0 saturated carbocycles. The van der Waals surface area contributed by atoms with Crippen LogP contribution in [0.3, 0.4) is 0 Å². The number of halogens is 5. The van der Waals surface area contributed by atoms with Crippen molar-refractivity contribution in [1.29, 1.82) is 0 Å². The van der Waals surface area contributed by atoms with E-state index in [0.717, 1.165) is 12.1 Å². The largest absolute Gasteiger partial charge is 0.405 e. The maximum Gasteiger partial charge on any atom is 0.405 e. The van der Waals surface area contributed by atoms with Gasteiger partial charge < -0.3 is 10.6 Å². The second-order valence-electron chi connectivity index (χ2n) is 3.05. The van der Waals surface area contributed by atoms with Crippen LogP contribution in [0.2, 0.25) is 0 Å². The average molecular weight is 254 g/mol. The maximum atomic E-state index is 13.0. The van der Waals surface area contributed by atoms with Crippen molar-refractivity contribution in [1.82, 2.24) is 5.32 Å². The zero-order chi connectivity index (χ0) is 13.1. The van der Waals surface area contributed by atoms with Crippen molar-refractivity contribution in [3.8, 4) is 0 Å². The molecule has 2 N–H and O–H groups in total. The highest BCUT2D eigenvalue weighted by Gasteiger charge is 2.27. The van der Waals surface area contributed by atoms with Crippen LogP contribution in [-0.2, 0) is 0 Å². The predicted molar refractivity (Wildman–Crippen MR) is 49.4 cm³/mol. The van der Waals surface area contributed by atoms with E-state index in [-0.39, 0.29) is 0 Å². The molecule has 0 aromatic heterocycles. The molecule has 0 aliphatic carbocycles. The van der Waals surface area contributed by atoms with Gasteiger partial charge in [-0.1, -0.05) is 0 Å². The van der Waals surface area contributed by atoms with Gasteiger partial charge in [0.15, 0.2) is 0 Å². The summed E-state index contributed by atoms with van der Waals surface area (Å²) >= 11 is 0. The van der Waals surface area contributed by atoms with Gasteiger partial charge in [0, 0.05) is 6.07 Å². The highest BCUT2D eigenvalue weighted by atomic mass is 19.4. The summed E-state index contributed by atoms with van der Waals surface area (Å²) in [6.07, 6.45) is -4.56. The SMILES string of the molecule is O=C(NCC(F)(F)F)Nc1ccc(F)cc1F. The van der Waals surface area contributed by atoms with E-state index in [4.69, 9.17) is 0 Å². The van der Waals surface area contributed by atoms with Gasteiger partial charge in [0.25, 0.3) is 0 Å². The highest BCUT2D eigenvalue weighted by Crippen LogP contribution is 2.15. The van der Waals surface area contributed by atoms with Gasteiger partial charge in [0.05, 0.1) is 5.69 Å². The number of anilines is 1. The molecule has 0 spiro atoms. The van der Waals surface area contributed by atoms with Crippen molar-refractivity contribution >= 4 is 11.7 Å². The number of carbonyl (C=O) groups excluding carboxylic acids is 1. The molecule has 2 amide bonds. The van der Waals surface area contributed by atoms with Crippen LogP contribution in [0.5, 0.6) is 0 Å². The van der Waals surface area contributed by atoms with Crippen LogP contribution in [0.1, 0.15) is 0 Å². The summed E-state index contributed by atoms with van der Waals surface area (Å²) in [6, 6.07) is 1.03. The summed E-state index contributed by atoms with van der Waals surface area (Å²) in [5.41, 5.74) is -0.411. The third-order valence-electron chi connectivity index (χ3n) is 1.63. The number of amides is 2. The fraction of sp³-hybridized carbons (Fsp3) is 0.222. The van der Waals surface area contributed by atoms with Crippen molar-refractivity contribution in [3.63, 3.8) is 0 Å². The lowest BCUT2D eigenvalue weighted by molar-refractivity contribution is -0.122. The maximum absolute atomic E-state index is 13.0. The van der Waals surface area contributed by atoms with E-state index >= 15 is 0 Å². The first-order valence-electron chi connectivity index (χ1n) is 4.34. The van der Waals surface area contributed by atoms with E-state index in [1.54, 1.807) is 0 Å². The Morgan fingerprint density at radius 3 is 2.41 bits per heavy atom. The minimum Gasteiger partial charge on any atom is -0.329 e. The van der Waals surface area contributed by atoms with E-state index < -0.39 is 36.1 Å². The van der Waals surface area contributed by atoms with Gasteiger partial charge in [0.2, 0.25) is 0 Å². The van der Waals surface area contributed by atoms with E-state index in [0.29, 0.717) is 6.07 Å². The minimum absolute atomic E-state index is 0.411. The Hall–Kier alpha value is -1.86. The third-order valence-corrected chi connectivity index (χ3v) is 1.63. The van der Waals surface area contributed by atoms with Crippen molar-refractivity contribution in [2.45, 2.75) is 6.18 Å². The molecule has 0 heterocycles. The quantitative estimate of drug-likeness (QED) is 0.782. The van der Waals surface area contributed by atoms with Crippen LogP contribution in [0, 0.1) is 11.6 Å². The molecule has 0 unspecified atom stereocenters. The number of alkyl halides is 3. The topological polar surface area (TPSA) is 41.1 Å². The van der Waals surface area contributed by atoms with E-state index in [2.05, 4.69) is 0 Å². The van der Waals surface area contributed by atoms with Crippen molar-refractivity contribution in [3.05, 3.63) is 29.8 Å². The van der Waals surface area contributed by atoms with Crippen LogP contribution in [0.15, 0.2) is 18.2 Å². The summed E-state index contributed by atoms with van der Waals surface area (Å²) in [7, 11) is 0. The molecule has 0 bridgehead atoms. The molecule has 1 aromatic carbocycles. The van der Waals surface area contributed by atoms with Gasteiger partial charge in [-0.3, -0.25) is 0 Å². The lowest BCUT2D eigenvalue weighted by Gasteiger charge is -2.10. The Morgan fingerprint density at radius 2 is 1.88 bits per heavy atom. The van der Waals surface area contributed by atoms with E-state index in [1.807, 2.05) is 5.32 Å². The first-order chi connectivity index (χ1) is 7.78. The third kappa shape index (κ3) is 4.66. The highest BCUT2D eigenvalue weighted by molar-refractivity contribution is 5.89. The second-order valence-corrected chi connectivity index (χ2v) is 3.05. The summed E-state index contributed by atoms with van der Waals surface area (Å²) in [5, 5.41) is 3.30. The van der Waals surface area contributed by atoms with Gasteiger partial charge in [0.1, 0.15) is 18.2 Å². The first-order valence-corrected chi connectivity index (χ1v) is 4.34. The molecule has 0 radical (unpaired) electrons. The first kappa shape index (κ1) is 13.2. The number of carbonyl (C=O) groups is 1. The number of hydrogen-bond acceptors (Lipinski definition) is 1. The van der Waals surface area contributed by atoms with Crippen LogP contribution in [0.25, 0.3) is 0 Å². The van der Waals surface area contributed by atoms with Crippen LogP contribution in [-0.4, -0.2) is 18.8 Å². The number of urea groups is 1. The number of rotatable bonds is 2. The van der Waals surface area contributed by atoms with Crippen molar-refractivity contribution in [2.24, 2.45) is 0 Å². The average Bonchev–Trinajstić information content (AvgIpc) is 2.18. The fourth-order valence-corrected chi connectivity index (χ4v) is 0.938. The van der Waals surface area contributed by atoms with Crippen LogP contribution in [0.4, 0.5) is 32.4 Å². The second kappa shape index (κ2) is 4.98. The van der Waals surface area contributed by atoms with Crippen molar-refractivity contribution < 1.29 is 26.7 Å². The Labute approximate surface area is 92.6 Å². The number of nitrogens with one attached hydrogen (secondary N) is 2. The summed E-state index contributed by atoms with van der Waals surface area (Å²) < 4.78 is 60.6. The Morgan fingerprint density at radius 1 is 1.24 bits per heavy atom. The normalized spacial score (nSPS) is 11.1. The molecule has 1 rings (SSSR count). The Balaban J connectivity index is 2.57. The molecule has 0 saturated heterocycles. The van der Waals surface area contributed by atoms with E-state index in [1.165, 1.54) is 5.32 Å². The summed E-state index contributed by atoms with van der Waals surface area (Å²) in [5.74, 6) is -1.93. The van der Waals surface area contributed by atoms with Gasteiger partial charge in [-0.15, -0.1) is 0 Å². The van der Waals surface area contributed by atoms with Gasteiger partial charge in [-0.25, -0.2) is 13.6 Å². The lowest BCUT2D eigenvalue weighted by Crippen LogP contribution is -2.36. The van der Waals surface area contributed by atoms with Gasteiger partial charge in [-0.05, 0) is 12.1 Å². The zero-order valence-corrected chi connectivity index (χ0v) is 8.24. The van der Waals surface area contributed by atoms with Crippen molar-refractivity contribution in [2.75, 3.05) is 11.9 Å². The summed E-state index contributed by atoms with van der Waals surface area (Å²) in [6.45, 7) is -1.54. The lowest BCUT2D eigenvalue weighted by atomic mass is 10.3. The van der Waals surface area contributed by atoms with Crippen LogP contribution >= 0.6 is 0 Å². The molecule has 1 aromatic rings. The summed E-state index contributed by atoms with van der Waals surface area (Å²) in [4.78, 5) is 10.9. The smallest absolute Gasteiger partial charge is 0.329 e. The fourth-order valence-electron chi connectivity index (χ4n) is 0.938. The molecule has 17 heavy (non-hydrogen) atoms. The molecule has 94 valence electrons. The minimum atomic E-state index is -4.56.